The summed E-state index contributed by atoms with van der Waals surface area (Å²) in [6, 6.07) is 7.09. The van der Waals surface area contributed by atoms with E-state index in [1.165, 1.54) is 25.7 Å². The predicted molar refractivity (Wildman–Crippen MR) is 147 cm³/mol. The lowest BCUT2D eigenvalue weighted by molar-refractivity contribution is 0.0833. The summed E-state index contributed by atoms with van der Waals surface area (Å²) in [5.74, 6) is 1.19. The Hall–Kier alpha value is -3.20. The Labute approximate surface area is 218 Å². The van der Waals surface area contributed by atoms with Crippen molar-refractivity contribution in [3.63, 3.8) is 0 Å². The Balaban J connectivity index is 1.23. The number of pyridine rings is 1. The summed E-state index contributed by atoms with van der Waals surface area (Å²) in [5.41, 5.74) is 2.57. The molecule has 2 atom stereocenters. The molecule has 1 spiro atoms. The van der Waals surface area contributed by atoms with E-state index in [1.807, 2.05) is 24.5 Å². The van der Waals surface area contributed by atoms with E-state index in [0.29, 0.717) is 36.1 Å². The second-order valence-electron chi connectivity index (χ2n) is 11.2. The number of anilines is 3. The van der Waals surface area contributed by atoms with Gasteiger partial charge < -0.3 is 20.1 Å². The number of aromatic nitrogens is 4. The highest BCUT2D eigenvalue weighted by Gasteiger charge is 2.41. The van der Waals surface area contributed by atoms with Crippen molar-refractivity contribution >= 4 is 34.4 Å². The molecule has 0 aromatic carbocycles. The van der Waals surface area contributed by atoms with Crippen molar-refractivity contribution in [2.45, 2.75) is 76.9 Å². The third-order valence-corrected chi connectivity index (χ3v) is 8.55. The van der Waals surface area contributed by atoms with Gasteiger partial charge in [-0.1, -0.05) is 26.2 Å². The molecule has 2 N–H and O–H groups in total. The maximum Gasteiger partial charge on any atom is 0.268 e. The third-order valence-electron chi connectivity index (χ3n) is 8.55. The molecular formula is C28H38N8O. The van der Waals surface area contributed by atoms with Gasteiger partial charge in [-0.15, -0.1) is 0 Å². The van der Waals surface area contributed by atoms with Crippen molar-refractivity contribution in [2.75, 3.05) is 36.4 Å². The Morgan fingerprint density at radius 1 is 1.08 bits per heavy atom. The van der Waals surface area contributed by atoms with Crippen LogP contribution in [0.25, 0.3) is 11.0 Å². The number of rotatable bonds is 5. The predicted octanol–water partition coefficient (Wildman–Crippen LogP) is 4.28. The largest absolute Gasteiger partial charge is 0.367 e. The molecule has 3 aromatic rings. The Kier molecular flexibility index (Phi) is 6.26. The van der Waals surface area contributed by atoms with Gasteiger partial charge in [-0.2, -0.15) is 4.98 Å². The molecule has 1 amide bonds. The molecule has 37 heavy (non-hydrogen) atoms. The summed E-state index contributed by atoms with van der Waals surface area (Å²) >= 11 is 0. The molecule has 1 saturated carbocycles. The fourth-order valence-electron chi connectivity index (χ4n) is 6.75. The number of nitrogens with zero attached hydrogens (tertiary/aromatic N) is 6. The van der Waals surface area contributed by atoms with Crippen molar-refractivity contribution < 1.29 is 4.79 Å². The minimum absolute atomic E-state index is 0.0277. The van der Waals surface area contributed by atoms with Crippen LogP contribution in [0.1, 0.15) is 69.8 Å². The van der Waals surface area contributed by atoms with Crippen LogP contribution >= 0.6 is 0 Å². The van der Waals surface area contributed by atoms with Crippen molar-refractivity contribution in [2.24, 2.45) is 0 Å². The van der Waals surface area contributed by atoms with Gasteiger partial charge >= 0.3 is 0 Å². The Morgan fingerprint density at radius 2 is 1.86 bits per heavy atom. The van der Waals surface area contributed by atoms with Crippen LogP contribution in [-0.2, 0) is 5.54 Å². The van der Waals surface area contributed by atoms with Gasteiger partial charge in [-0.05, 0) is 57.9 Å². The van der Waals surface area contributed by atoms with E-state index in [-0.39, 0.29) is 11.4 Å². The van der Waals surface area contributed by atoms with Gasteiger partial charge in [0.2, 0.25) is 5.95 Å². The number of hydrogen-bond acceptors (Lipinski definition) is 7. The van der Waals surface area contributed by atoms with E-state index in [9.17, 15) is 4.79 Å². The van der Waals surface area contributed by atoms with E-state index >= 15 is 0 Å². The van der Waals surface area contributed by atoms with Gasteiger partial charge in [0, 0.05) is 43.3 Å². The number of hydrogen-bond donors (Lipinski definition) is 2. The van der Waals surface area contributed by atoms with Crippen LogP contribution in [0, 0.1) is 0 Å². The van der Waals surface area contributed by atoms with Crippen LogP contribution in [0.4, 0.5) is 17.5 Å². The van der Waals surface area contributed by atoms with Crippen molar-refractivity contribution in [1.29, 1.82) is 0 Å². The van der Waals surface area contributed by atoms with Crippen molar-refractivity contribution in [3.05, 3.63) is 36.3 Å². The van der Waals surface area contributed by atoms with Crippen LogP contribution in [0.3, 0.4) is 0 Å². The van der Waals surface area contributed by atoms with Gasteiger partial charge in [0.1, 0.15) is 17.2 Å². The summed E-state index contributed by atoms with van der Waals surface area (Å²) in [5, 5.41) is 7.31. The van der Waals surface area contributed by atoms with E-state index < -0.39 is 0 Å². The van der Waals surface area contributed by atoms with Crippen molar-refractivity contribution in [1.82, 2.24) is 29.7 Å². The van der Waals surface area contributed by atoms with Gasteiger partial charge in [-0.3, -0.25) is 9.69 Å². The molecule has 6 rings (SSSR count). The highest BCUT2D eigenvalue weighted by atomic mass is 16.2. The average molecular weight is 503 g/mol. The second kappa shape index (κ2) is 9.59. The maximum atomic E-state index is 12.7. The highest BCUT2D eigenvalue weighted by molar-refractivity contribution is 5.99. The standard InChI is InChI=1S/C28H38N8O/c1-4-12-35-19(2)16-34(17-20(35)3)22-8-9-24(29-15-22)32-27-30-14-21-13-23-26(37)31-18-28(10-6-5-7-11-28)36(23)25(21)33-27/h8-9,13-15,19-20H,4-7,10-12,16-18H2,1-3H3,(H,31,37)(H,29,30,32,33). The first kappa shape index (κ1) is 24.2. The van der Waals surface area contributed by atoms with Crippen LogP contribution in [-0.4, -0.2) is 68.6 Å². The molecule has 1 aliphatic carbocycles. The number of nitrogens with one attached hydrogen (secondary N) is 2. The minimum Gasteiger partial charge on any atom is -0.367 e. The number of fused-ring (bicyclic) bond motifs is 4. The number of carbonyl (C=O) groups is 1. The molecular weight excluding hydrogens is 464 g/mol. The Morgan fingerprint density at radius 3 is 2.57 bits per heavy atom. The smallest absolute Gasteiger partial charge is 0.268 e. The van der Waals surface area contributed by atoms with E-state index in [4.69, 9.17) is 4.98 Å². The highest BCUT2D eigenvalue weighted by Crippen LogP contribution is 2.40. The molecule has 0 radical (unpaired) electrons. The number of piperazine rings is 1. The molecule has 2 fully saturated rings. The van der Waals surface area contributed by atoms with Gasteiger partial charge in [0.15, 0.2) is 0 Å². The van der Waals surface area contributed by atoms with Gasteiger partial charge in [0.05, 0.1) is 17.4 Å². The first-order valence-corrected chi connectivity index (χ1v) is 13.9. The molecule has 2 aliphatic heterocycles. The normalized spacial score (nSPS) is 23.8. The summed E-state index contributed by atoms with van der Waals surface area (Å²) < 4.78 is 2.20. The minimum atomic E-state index is -0.0931. The van der Waals surface area contributed by atoms with Gasteiger partial charge in [-0.25, -0.2) is 9.97 Å². The number of amides is 1. The summed E-state index contributed by atoms with van der Waals surface area (Å²) in [4.78, 5) is 31.9. The molecule has 3 aliphatic rings. The van der Waals surface area contributed by atoms with E-state index in [2.05, 4.69) is 61.8 Å². The molecule has 1 saturated heterocycles. The zero-order chi connectivity index (χ0) is 25.6. The molecule has 196 valence electrons. The summed E-state index contributed by atoms with van der Waals surface area (Å²) in [6.45, 7) is 10.7. The van der Waals surface area contributed by atoms with E-state index in [0.717, 1.165) is 49.2 Å². The zero-order valence-electron chi connectivity index (χ0n) is 22.2. The quantitative estimate of drug-likeness (QED) is 0.538. The monoisotopic (exact) mass is 502 g/mol. The lowest BCUT2D eigenvalue weighted by atomic mass is 9.80. The zero-order valence-corrected chi connectivity index (χ0v) is 22.2. The number of carbonyl (C=O) groups excluding carboxylic acids is 1. The van der Waals surface area contributed by atoms with Crippen LogP contribution in [0.15, 0.2) is 30.6 Å². The van der Waals surface area contributed by atoms with E-state index in [1.54, 1.807) is 0 Å². The molecule has 0 bridgehead atoms. The Bertz CT molecular complexity index is 1270. The summed E-state index contributed by atoms with van der Waals surface area (Å²) in [7, 11) is 0. The van der Waals surface area contributed by atoms with Crippen LogP contribution < -0.4 is 15.5 Å². The molecule has 9 heteroatoms. The SMILES string of the molecule is CCCN1C(C)CN(c2ccc(Nc3ncc4cc5n(c4n3)C3(CCCCC3)CNC5=O)nc2)CC1C. The molecule has 2 unspecified atom stereocenters. The lowest BCUT2D eigenvalue weighted by Crippen LogP contribution is -2.56. The molecule has 9 nitrogen and oxygen atoms in total. The third kappa shape index (κ3) is 4.33. The second-order valence-corrected chi connectivity index (χ2v) is 11.2. The lowest BCUT2D eigenvalue weighted by Gasteiger charge is -2.45. The average Bonchev–Trinajstić information content (AvgIpc) is 3.30. The molecule has 5 heterocycles. The molecule has 3 aromatic heterocycles. The van der Waals surface area contributed by atoms with Crippen LogP contribution in [0.5, 0.6) is 0 Å². The van der Waals surface area contributed by atoms with Crippen molar-refractivity contribution in [3.8, 4) is 0 Å². The maximum absolute atomic E-state index is 12.7. The van der Waals surface area contributed by atoms with Crippen LogP contribution in [0.2, 0.25) is 0 Å². The van der Waals surface area contributed by atoms with Gasteiger partial charge in [0.25, 0.3) is 5.91 Å². The fraction of sp³-hybridized carbons (Fsp3) is 0.571. The fourth-order valence-corrected chi connectivity index (χ4v) is 6.75. The topological polar surface area (TPSA) is 91.2 Å². The first-order valence-electron chi connectivity index (χ1n) is 13.9. The first-order chi connectivity index (χ1) is 18.0. The summed E-state index contributed by atoms with van der Waals surface area (Å²) in [6.07, 6.45) is 10.7.